The van der Waals surface area contributed by atoms with Gasteiger partial charge in [0.25, 0.3) is 5.79 Å². The number of aliphatic hydroxyl groups excluding tert-OH is 18. The first-order chi connectivity index (χ1) is 58.1. The summed E-state index contributed by atoms with van der Waals surface area (Å²) in [6.45, 7) is -1.74. The topological polar surface area (TPSA) is 663 Å². The SMILES string of the molecule is CCCCCCCCCCCCC/C=C/[C@@H](O)[C@H](CO[C@@H]1O[C@H](CO)[C@@H](O[C@@H]2O[C@H](CO)[C@H](O)[C@H](O[C@@H]3O[C@H](COS(=O)(=O)O)[C@@H](O[C@@H]4O[C@H](CO)[C@H](O)[C@H](O[C@]5(C(=O)O)C[C@H](O)[C@@H](NC(C)=O)[C@H]([C@H](O)[C@H](O)CO)O5)[C@H]4O)[C@H](O[C@@H]4O[C@@H](CO)[C@@H](O)[C@@H](O)[C@@H]4O)[C@H]3NC(C)=O)[C@H]2O)[C@H](O)[C@H]1O)NC(=O)CCCCCCCCCCCCCCCCC. The van der Waals surface area contributed by atoms with Crippen LogP contribution in [0.3, 0.4) is 0 Å². The van der Waals surface area contributed by atoms with Gasteiger partial charge in [-0.25, -0.2) is 8.98 Å². The second-order valence-electron chi connectivity index (χ2n) is 32.6. The van der Waals surface area contributed by atoms with E-state index in [0.717, 1.165) is 78.1 Å². The number of carboxylic acid groups (broad SMARTS) is 1. The smallest absolute Gasteiger partial charge is 0.397 e. The molecule has 0 bridgehead atoms. The zero-order valence-electron chi connectivity index (χ0n) is 70.2. The highest BCUT2D eigenvalue weighted by Gasteiger charge is 2.62. The molecule has 0 saturated carbocycles. The van der Waals surface area contributed by atoms with Crippen LogP contribution in [0.2, 0.25) is 0 Å². The van der Waals surface area contributed by atoms with Crippen molar-refractivity contribution in [2.75, 3.05) is 46.2 Å². The van der Waals surface area contributed by atoms with Crippen LogP contribution in [-0.4, -0.2) is 382 Å². The molecule has 0 spiro atoms. The summed E-state index contributed by atoms with van der Waals surface area (Å²) in [6, 6.07) is -5.15. The largest absolute Gasteiger partial charge is 0.477 e. The lowest BCUT2D eigenvalue weighted by atomic mass is 9.88. The Morgan fingerprint density at radius 2 is 0.902 bits per heavy atom. The van der Waals surface area contributed by atoms with Crippen LogP contribution in [0.5, 0.6) is 0 Å². The molecule has 6 aliphatic rings. The number of hydrogen-bond donors (Lipinski definition) is 23. The Bertz CT molecular complexity index is 3110. The van der Waals surface area contributed by atoms with Crippen LogP contribution in [0.15, 0.2) is 12.2 Å². The molecule has 6 fully saturated rings. The summed E-state index contributed by atoms with van der Waals surface area (Å²) in [7, 11) is -5.65. The minimum absolute atomic E-state index is 0.120. The summed E-state index contributed by atoms with van der Waals surface area (Å²) in [5.41, 5.74) is 0. The zero-order valence-corrected chi connectivity index (χ0v) is 71.0. The Labute approximate surface area is 711 Å². The number of unbranched alkanes of at least 4 members (excludes halogenated alkanes) is 25. The number of hydrogen-bond acceptors (Lipinski definition) is 37. The Morgan fingerprint density at radius 1 is 0.475 bits per heavy atom. The summed E-state index contributed by atoms with van der Waals surface area (Å²) < 4.78 is 112. The van der Waals surface area contributed by atoms with Crippen LogP contribution >= 0.6 is 0 Å². The van der Waals surface area contributed by atoms with Crippen molar-refractivity contribution in [1.29, 1.82) is 0 Å². The van der Waals surface area contributed by atoms with Gasteiger partial charge in [0, 0.05) is 26.7 Å². The second kappa shape index (κ2) is 54.7. The third-order valence-corrected chi connectivity index (χ3v) is 23.3. The molecule has 6 aliphatic heterocycles. The normalized spacial score (nSPS) is 35.8. The van der Waals surface area contributed by atoms with E-state index in [9.17, 15) is 129 Å². The predicted molar refractivity (Wildman–Crippen MR) is 421 cm³/mol. The van der Waals surface area contributed by atoms with Gasteiger partial charge in [-0.1, -0.05) is 180 Å². The molecule has 0 aromatic rings. The van der Waals surface area contributed by atoms with Gasteiger partial charge >= 0.3 is 16.4 Å². The highest BCUT2D eigenvalue weighted by Crippen LogP contribution is 2.42. The lowest BCUT2D eigenvalue weighted by Gasteiger charge is -2.52. The van der Waals surface area contributed by atoms with E-state index in [1.165, 1.54) is 102 Å². The van der Waals surface area contributed by atoms with E-state index in [0.29, 0.717) is 12.8 Å². The number of ether oxygens (including phenoxy) is 12. The van der Waals surface area contributed by atoms with E-state index in [-0.39, 0.29) is 6.42 Å². The number of aliphatic carboxylic acids is 1. The Balaban J connectivity index is 1.25. The summed E-state index contributed by atoms with van der Waals surface area (Å²) in [5.74, 6) is -7.97. The summed E-state index contributed by atoms with van der Waals surface area (Å²) in [5, 5.41) is 221. The molecule has 0 aliphatic carbocycles. The number of allylic oxidation sites excluding steroid dienone is 1. The number of aliphatic hydroxyl groups is 18. The first-order valence-corrected chi connectivity index (χ1v) is 44.6. The van der Waals surface area contributed by atoms with Gasteiger partial charge in [0.1, 0.15) is 140 Å². The first kappa shape index (κ1) is 107. The van der Waals surface area contributed by atoms with Crippen LogP contribution in [-0.2, 0) is 90.6 Å². The molecule has 6 rings (SSSR count). The van der Waals surface area contributed by atoms with Gasteiger partial charge in [0.05, 0.1) is 70.5 Å². The van der Waals surface area contributed by atoms with Crippen molar-refractivity contribution in [1.82, 2.24) is 16.0 Å². The lowest BCUT2D eigenvalue weighted by Crippen LogP contribution is -2.72. The number of nitrogens with one attached hydrogen (secondary N) is 3. The number of carbonyl (C=O) groups is 4. The molecule has 0 radical (unpaired) electrons. The van der Waals surface area contributed by atoms with Crippen LogP contribution in [0.4, 0.5) is 0 Å². The Kier molecular flexibility index (Phi) is 48.0. The Hall–Kier alpha value is -3.71. The van der Waals surface area contributed by atoms with Gasteiger partial charge in [-0.15, -0.1) is 0 Å². The third-order valence-electron chi connectivity index (χ3n) is 22.9. The van der Waals surface area contributed by atoms with Crippen LogP contribution in [0.25, 0.3) is 0 Å². The van der Waals surface area contributed by atoms with Gasteiger partial charge in [-0.05, 0) is 19.3 Å². The summed E-state index contributed by atoms with van der Waals surface area (Å²) in [4.78, 5) is 53.0. The molecule has 0 unspecified atom stereocenters. The molecule has 0 aromatic heterocycles. The maximum Gasteiger partial charge on any atom is 0.397 e. The fraction of sp³-hybridized carbons (Fsp3) is 0.924. The van der Waals surface area contributed by atoms with Gasteiger partial charge in [0.15, 0.2) is 31.5 Å². The maximum atomic E-state index is 13.6. The molecular weight excluding hydrogens is 1650 g/mol. The first-order valence-electron chi connectivity index (χ1n) is 43.3. The molecule has 712 valence electrons. The maximum absolute atomic E-state index is 13.6. The van der Waals surface area contributed by atoms with Crippen LogP contribution in [0.1, 0.15) is 214 Å². The van der Waals surface area contributed by atoms with Gasteiger partial charge in [0.2, 0.25) is 17.7 Å². The van der Waals surface area contributed by atoms with Crippen molar-refractivity contribution in [3.8, 4) is 0 Å². The summed E-state index contributed by atoms with van der Waals surface area (Å²) >= 11 is 0. The monoisotopic (exact) mass is 1790 g/mol. The van der Waals surface area contributed by atoms with E-state index < -0.39 is 289 Å². The van der Waals surface area contributed by atoms with Gasteiger partial charge in [-0.3, -0.25) is 18.9 Å². The fourth-order valence-electron chi connectivity index (χ4n) is 15.9. The highest BCUT2D eigenvalue weighted by atomic mass is 32.3. The van der Waals surface area contributed by atoms with E-state index in [1.54, 1.807) is 6.08 Å². The molecule has 3 amide bonds. The minimum atomic E-state index is -5.65. The third kappa shape index (κ3) is 32.4. The molecule has 33 atom stereocenters. The second-order valence-corrected chi connectivity index (χ2v) is 33.7. The van der Waals surface area contributed by atoms with Crippen molar-refractivity contribution in [3.05, 3.63) is 12.2 Å². The molecule has 43 heteroatoms. The fourth-order valence-corrected chi connectivity index (χ4v) is 16.2. The molecule has 42 nitrogen and oxygen atoms in total. The lowest BCUT2D eigenvalue weighted by molar-refractivity contribution is -0.399. The number of rotatable bonds is 57. The van der Waals surface area contributed by atoms with Crippen molar-refractivity contribution in [3.63, 3.8) is 0 Å². The molecule has 0 aromatic carbocycles. The number of carbonyl (C=O) groups excluding carboxylic acids is 3. The standard InChI is InChI=1S/C79H141N3O39S/c1-5-7-9-11-13-15-17-19-20-22-24-26-28-30-32-34-54(93)82-45(46(90)33-31-29-27-25-23-21-18-16-14-12-10-8-6-2)41-109-74-64(101)62(99)67(52(40-87)114-74)116-76-65(102)71(59(96)50(38-85)112-76)119-73-56(81-44(4)89)70(118-75-63(100)61(98)58(95)49(37-84)111-75)68(53(115-73)42-110-122(106,107)108)117-77-66(103)72(60(97)51(39-86)113-77)121-79(78(104)105)35-47(91)55(80-43(3)88)69(120-79)57(94)48(92)36-83/h31,33,45-53,55-77,83-87,90-92,94-103H,5-30,32,34-42H2,1-4H3,(H,80,88)(H,81,89)(H,82,93)(H,104,105)(H,106,107,108)/b33-31+/t45-,46+,47-,48+,49-,50+,51+,52+,53+,55+,56+,57+,58+,59-,60-,61+,62+,63-,64+,65+,66+,67+,68+,69+,70+,71-,72-,73-,74+,75-,76-,77-,79-/m0/s1. The van der Waals surface area contributed by atoms with Crippen LogP contribution in [0, 0.1) is 0 Å². The predicted octanol–water partition coefficient (Wildman–Crippen LogP) is -3.39. The van der Waals surface area contributed by atoms with Crippen molar-refractivity contribution >= 4 is 34.1 Å². The van der Waals surface area contributed by atoms with E-state index in [1.807, 2.05) is 0 Å². The molecule has 23 N–H and O–H groups in total. The molecule has 6 heterocycles. The average molecular weight is 1790 g/mol. The average Bonchev–Trinajstić information content (AvgIpc) is 0.752. The number of carboxylic acids is 1. The minimum Gasteiger partial charge on any atom is -0.477 e. The van der Waals surface area contributed by atoms with Crippen molar-refractivity contribution < 1.29 is 190 Å². The van der Waals surface area contributed by atoms with Gasteiger partial charge in [-0.2, -0.15) is 8.42 Å². The highest BCUT2D eigenvalue weighted by molar-refractivity contribution is 7.80. The van der Waals surface area contributed by atoms with Crippen molar-refractivity contribution in [2.45, 2.75) is 416 Å². The van der Waals surface area contributed by atoms with Gasteiger partial charge < -0.3 is 170 Å². The molecule has 6 saturated heterocycles. The molecule has 122 heavy (non-hydrogen) atoms. The summed E-state index contributed by atoms with van der Waals surface area (Å²) in [6.07, 6.45) is -32.0. The Morgan fingerprint density at radius 3 is 1.39 bits per heavy atom. The quantitative estimate of drug-likeness (QED) is 0.0160. The molecular formula is C79H141N3O39S. The van der Waals surface area contributed by atoms with Crippen LogP contribution < -0.4 is 16.0 Å². The van der Waals surface area contributed by atoms with E-state index in [2.05, 4.69) is 29.8 Å². The van der Waals surface area contributed by atoms with Crippen molar-refractivity contribution in [2.24, 2.45) is 0 Å². The van der Waals surface area contributed by atoms with E-state index in [4.69, 9.17) is 61.0 Å². The zero-order chi connectivity index (χ0) is 90.0. The van der Waals surface area contributed by atoms with E-state index >= 15 is 0 Å². The number of amides is 3.